The van der Waals surface area contributed by atoms with E-state index in [-0.39, 0.29) is 29.6 Å². The van der Waals surface area contributed by atoms with Crippen LogP contribution in [0.25, 0.3) is 0 Å². The highest BCUT2D eigenvalue weighted by molar-refractivity contribution is 5.93. The highest BCUT2D eigenvalue weighted by atomic mass is 16.2. The van der Waals surface area contributed by atoms with Gasteiger partial charge < -0.3 is 15.5 Å². The molecule has 4 rings (SSSR count). The summed E-state index contributed by atoms with van der Waals surface area (Å²) in [7, 11) is 0. The highest BCUT2D eigenvalue weighted by Crippen LogP contribution is 2.22. The summed E-state index contributed by atoms with van der Waals surface area (Å²) in [6.45, 7) is 4.99. The molecule has 0 radical (unpaired) electrons. The minimum atomic E-state index is -0.0681. The number of benzene rings is 1. The first-order valence-corrected chi connectivity index (χ1v) is 12.1. The van der Waals surface area contributed by atoms with Gasteiger partial charge in [-0.1, -0.05) is 18.2 Å². The van der Waals surface area contributed by atoms with Crippen molar-refractivity contribution in [3.05, 3.63) is 54.2 Å². The molecule has 1 aromatic heterocycles. The van der Waals surface area contributed by atoms with E-state index in [1.54, 1.807) is 6.20 Å². The number of rotatable bonds is 6. The zero-order valence-corrected chi connectivity index (χ0v) is 19.7. The van der Waals surface area contributed by atoms with Crippen molar-refractivity contribution in [3.63, 3.8) is 0 Å². The summed E-state index contributed by atoms with van der Waals surface area (Å²) in [5.41, 5.74) is 1.86. The van der Waals surface area contributed by atoms with Gasteiger partial charge in [-0.05, 0) is 75.5 Å². The molecule has 2 aliphatic rings. The van der Waals surface area contributed by atoms with Crippen LogP contribution in [-0.2, 0) is 14.4 Å². The lowest BCUT2D eigenvalue weighted by atomic mass is 9.95. The van der Waals surface area contributed by atoms with E-state index >= 15 is 0 Å². The normalized spacial score (nSPS) is 17.9. The Balaban J connectivity index is 1.17. The molecule has 0 saturated carbocycles. The smallest absolute Gasteiger partial charge is 0.236 e. The van der Waals surface area contributed by atoms with Gasteiger partial charge in [0.1, 0.15) is 5.82 Å². The number of hydrogen-bond acceptors (Lipinski definition) is 5. The summed E-state index contributed by atoms with van der Waals surface area (Å²) >= 11 is 0. The van der Waals surface area contributed by atoms with Crippen molar-refractivity contribution in [2.24, 2.45) is 11.8 Å². The van der Waals surface area contributed by atoms with Gasteiger partial charge in [0.15, 0.2) is 0 Å². The summed E-state index contributed by atoms with van der Waals surface area (Å²) in [6, 6.07) is 13.2. The van der Waals surface area contributed by atoms with Crippen LogP contribution < -0.4 is 10.6 Å². The summed E-state index contributed by atoms with van der Waals surface area (Å²) < 4.78 is 0. The second-order valence-electron chi connectivity index (χ2n) is 9.27. The Kier molecular flexibility index (Phi) is 7.90. The average molecular weight is 464 g/mol. The SMILES string of the molecule is Cc1ccnc(NC(=O)C2CCN(CC(=O)N3CCC(C(=O)Nc4ccccc4)CC3)CC2)c1. The van der Waals surface area contributed by atoms with Gasteiger partial charge in [-0.3, -0.25) is 19.3 Å². The third-order valence-electron chi connectivity index (χ3n) is 6.74. The van der Waals surface area contributed by atoms with Gasteiger partial charge >= 0.3 is 0 Å². The van der Waals surface area contributed by atoms with Crippen LogP contribution in [0.1, 0.15) is 31.2 Å². The van der Waals surface area contributed by atoms with E-state index < -0.39 is 0 Å². The van der Waals surface area contributed by atoms with Crippen molar-refractivity contribution in [2.75, 3.05) is 43.4 Å². The first kappa shape index (κ1) is 23.9. The van der Waals surface area contributed by atoms with Gasteiger partial charge in [-0.25, -0.2) is 4.98 Å². The minimum absolute atomic E-state index is 0.0000665. The quantitative estimate of drug-likeness (QED) is 0.687. The van der Waals surface area contributed by atoms with E-state index in [9.17, 15) is 14.4 Å². The van der Waals surface area contributed by atoms with Gasteiger partial charge in [0.05, 0.1) is 6.54 Å². The second kappa shape index (κ2) is 11.2. The van der Waals surface area contributed by atoms with Gasteiger partial charge in [-0.15, -0.1) is 0 Å². The Bertz CT molecular complexity index is 997. The molecule has 180 valence electrons. The predicted molar refractivity (Wildman–Crippen MR) is 131 cm³/mol. The maximum atomic E-state index is 12.8. The molecule has 2 aromatic rings. The van der Waals surface area contributed by atoms with Crippen molar-refractivity contribution in [1.29, 1.82) is 0 Å². The zero-order valence-electron chi connectivity index (χ0n) is 19.7. The highest BCUT2D eigenvalue weighted by Gasteiger charge is 2.30. The van der Waals surface area contributed by atoms with Crippen molar-refractivity contribution < 1.29 is 14.4 Å². The molecule has 0 spiro atoms. The van der Waals surface area contributed by atoms with Crippen LogP contribution in [0.15, 0.2) is 48.7 Å². The van der Waals surface area contributed by atoms with Gasteiger partial charge in [0.2, 0.25) is 17.7 Å². The number of carbonyl (C=O) groups is 3. The van der Waals surface area contributed by atoms with E-state index in [0.717, 1.165) is 37.2 Å². The Morgan fingerprint density at radius 1 is 0.882 bits per heavy atom. The number of carbonyl (C=O) groups excluding carboxylic acids is 3. The maximum Gasteiger partial charge on any atom is 0.236 e. The van der Waals surface area contributed by atoms with Gasteiger partial charge in [-0.2, -0.15) is 0 Å². The third kappa shape index (κ3) is 6.41. The van der Waals surface area contributed by atoms with Crippen molar-refractivity contribution in [2.45, 2.75) is 32.6 Å². The first-order valence-electron chi connectivity index (χ1n) is 12.1. The standard InChI is InChI=1S/C26H33N5O3/c1-19-7-12-27-23(17-19)29-26(34)20-8-13-30(14-9-20)18-24(32)31-15-10-21(11-16-31)25(33)28-22-5-3-2-4-6-22/h2-7,12,17,20-21H,8-11,13-16,18H2,1H3,(H,28,33)(H,27,29,34). The number of amides is 3. The second-order valence-corrected chi connectivity index (χ2v) is 9.27. The monoisotopic (exact) mass is 463 g/mol. The van der Waals surface area contributed by atoms with Crippen LogP contribution in [0.2, 0.25) is 0 Å². The Morgan fingerprint density at radius 2 is 1.50 bits per heavy atom. The van der Waals surface area contributed by atoms with Crippen LogP contribution in [-0.4, -0.2) is 65.2 Å². The molecule has 0 unspecified atom stereocenters. The molecule has 2 N–H and O–H groups in total. The Hall–Kier alpha value is -3.26. The lowest BCUT2D eigenvalue weighted by Gasteiger charge is -2.35. The number of nitrogens with one attached hydrogen (secondary N) is 2. The average Bonchev–Trinajstić information content (AvgIpc) is 2.85. The molecule has 2 saturated heterocycles. The molecule has 1 aromatic carbocycles. The van der Waals surface area contributed by atoms with Crippen LogP contribution in [0.3, 0.4) is 0 Å². The van der Waals surface area contributed by atoms with Crippen molar-refractivity contribution in [3.8, 4) is 0 Å². The number of anilines is 2. The molecule has 8 nitrogen and oxygen atoms in total. The topological polar surface area (TPSA) is 94.6 Å². The van der Waals surface area contributed by atoms with E-state index in [0.29, 0.717) is 38.3 Å². The van der Waals surface area contributed by atoms with Gasteiger partial charge in [0.25, 0.3) is 0 Å². The van der Waals surface area contributed by atoms with Crippen LogP contribution in [0.4, 0.5) is 11.5 Å². The van der Waals surface area contributed by atoms with E-state index in [2.05, 4.69) is 20.5 Å². The molecule has 0 bridgehead atoms. The fraction of sp³-hybridized carbons (Fsp3) is 0.462. The minimum Gasteiger partial charge on any atom is -0.342 e. The molecular formula is C26H33N5O3. The number of hydrogen-bond donors (Lipinski definition) is 2. The summed E-state index contributed by atoms with van der Waals surface area (Å²) in [6.07, 6.45) is 4.51. The Labute approximate surface area is 200 Å². The third-order valence-corrected chi connectivity index (χ3v) is 6.74. The molecule has 3 amide bonds. The lowest BCUT2D eigenvalue weighted by Crippen LogP contribution is -2.47. The molecule has 0 aliphatic carbocycles. The van der Waals surface area contributed by atoms with Gasteiger partial charge in [0, 0.05) is 36.8 Å². The number of aryl methyl sites for hydroxylation is 1. The molecule has 8 heteroatoms. The van der Waals surface area contributed by atoms with Crippen molar-refractivity contribution >= 4 is 29.2 Å². The fourth-order valence-corrected chi connectivity index (χ4v) is 4.63. The molecule has 0 atom stereocenters. The summed E-state index contributed by atoms with van der Waals surface area (Å²) in [5, 5.41) is 5.88. The number of para-hydroxylation sites is 1. The zero-order chi connectivity index (χ0) is 23.9. The first-order chi connectivity index (χ1) is 16.5. The predicted octanol–water partition coefficient (Wildman–Crippen LogP) is 2.92. The molecule has 34 heavy (non-hydrogen) atoms. The molecule has 3 heterocycles. The molecule has 2 aliphatic heterocycles. The van der Waals surface area contributed by atoms with E-state index in [1.165, 1.54) is 0 Å². The Morgan fingerprint density at radius 3 is 2.15 bits per heavy atom. The van der Waals surface area contributed by atoms with Crippen LogP contribution in [0, 0.1) is 18.8 Å². The fourth-order valence-electron chi connectivity index (χ4n) is 4.63. The number of nitrogens with zero attached hydrogens (tertiary/aromatic N) is 3. The molecule has 2 fully saturated rings. The lowest BCUT2D eigenvalue weighted by molar-refractivity contribution is -0.136. The number of pyridine rings is 1. The van der Waals surface area contributed by atoms with E-state index in [1.807, 2.05) is 54.3 Å². The van der Waals surface area contributed by atoms with E-state index in [4.69, 9.17) is 0 Å². The van der Waals surface area contributed by atoms with Crippen molar-refractivity contribution in [1.82, 2.24) is 14.8 Å². The number of likely N-dealkylation sites (tertiary alicyclic amines) is 2. The maximum absolute atomic E-state index is 12.8. The number of piperidine rings is 2. The largest absolute Gasteiger partial charge is 0.342 e. The van der Waals surface area contributed by atoms with Crippen LogP contribution in [0.5, 0.6) is 0 Å². The summed E-state index contributed by atoms with van der Waals surface area (Å²) in [5.74, 6) is 0.589. The van der Waals surface area contributed by atoms with Crippen LogP contribution >= 0.6 is 0 Å². The summed E-state index contributed by atoms with van der Waals surface area (Å²) in [4.78, 5) is 46.1. The number of aromatic nitrogens is 1. The molecular weight excluding hydrogens is 430 g/mol.